The van der Waals surface area contributed by atoms with Gasteiger partial charge in [-0.25, -0.2) is 8.42 Å². The first-order valence-corrected chi connectivity index (χ1v) is 11.1. The SMILES string of the molecule is O=C(NCCCc1ccc(Cl)cc1)c1ccc(N2CCCCS2(=O)=O)cc1. The molecule has 7 heteroatoms. The van der Waals surface area contributed by atoms with E-state index in [9.17, 15) is 13.2 Å². The van der Waals surface area contributed by atoms with Gasteiger partial charge in [-0.15, -0.1) is 0 Å². The largest absolute Gasteiger partial charge is 0.352 e. The zero-order valence-electron chi connectivity index (χ0n) is 15.0. The van der Waals surface area contributed by atoms with Crippen LogP contribution in [0.2, 0.25) is 5.02 Å². The van der Waals surface area contributed by atoms with Crippen molar-refractivity contribution in [3.63, 3.8) is 0 Å². The Bertz CT molecular complexity index is 880. The molecule has 1 aliphatic rings. The van der Waals surface area contributed by atoms with Gasteiger partial charge in [0.05, 0.1) is 11.4 Å². The second kappa shape index (κ2) is 8.76. The van der Waals surface area contributed by atoms with Crippen LogP contribution in [-0.2, 0) is 16.4 Å². The van der Waals surface area contributed by atoms with E-state index in [-0.39, 0.29) is 11.7 Å². The van der Waals surface area contributed by atoms with E-state index < -0.39 is 10.0 Å². The average molecular weight is 407 g/mol. The molecule has 0 aliphatic carbocycles. The Hall–Kier alpha value is -2.05. The van der Waals surface area contributed by atoms with Crippen LogP contribution < -0.4 is 9.62 Å². The summed E-state index contributed by atoms with van der Waals surface area (Å²) in [5, 5.41) is 3.61. The predicted octanol–water partition coefficient (Wildman–Crippen LogP) is 3.63. The molecular weight excluding hydrogens is 384 g/mol. The van der Waals surface area contributed by atoms with Crippen LogP contribution in [0.4, 0.5) is 5.69 Å². The average Bonchev–Trinajstić information content (AvgIpc) is 2.66. The second-order valence-electron chi connectivity index (χ2n) is 6.63. The molecule has 1 fully saturated rings. The lowest BCUT2D eigenvalue weighted by Crippen LogP contribution is -2.37. The fourth-order valence-corrected chi connectivity index (χ4v) is 4.87. The second-order valence-corrected chi connectivity index (χ2v) is 9.08. The Morgan fingerprint density at radius 2 is 1.74 bits per heavy atom. The van der Waals surface area contributed by atoms with Gasteiger partial charge in [-0.3, -0.25) is 9.10 Å². The summed E-state index contributed by atoms with van der Waals surface area (Å²) >= 11 is 5.87. The molecule has 5 nitrogen and oxygen atoms in total. The summed E-state index contributed by atoms with van der Waals surface area (Å²) in [5.74, 6) is 0.0298. The fourth-order valence-electron chi connectivity index (χ4n) is 3.11. The number of benzene rings is 2. The summed E-state index contributed by atoms with van der Waals surface area (Å²) in [4.78, 5) is 12.3. The maximum absolute atomic E-state index is 12.3. The van der Waals surface area contributed by atoms with Gasteiger partial charge in [-0.2, -0.15) is 0 Å². The number of nitrogens with one attached hydrogen (secondary N) is 1. The maximum atomic E-state index is 12.3. The zero-order valence-corrected chi connectivity index (χ0v) is 16.6. The lowest BCUT2D eigenvalue weighted by atomic mass is 10.1. The highest BCUT2D eigenvalue weighted by Gasteiger charge is 2.25. The van der Waals surface area contributed by atoms with E-state index in [0.29, 0.717) is 35.8 Å². The lowest BCUT2D eigenvalue weighted by Gasteiger charge is -2.28. The highest BCUT2D eigenvalue weighted by atomic mass is 35.5. The Labute approximate surface area is 165 Å². The third-order valence-corrected chi connectivity index (χ3v) is 6.73. The number of aryl methyl sites for hydroxylation is 1. The van der Waals surface area contributed by atoms with E-state index in [2.05, 4.69) is 5.32 Å². The van der Waals surface area contributed by atoms with Crippen molar-refractivity contribution in [2.24, 2.45) is 0 Å². The summed E-state index contributed by atoms with van der Waals surface area (Å²) in [6.07, 6.45) is 3.26. The van der Waals surface area contributed by atoms with E-state index in [4.69, 9.17) is 11.6 Å². The van der Waals surface area contributed by atoms with Crippen LogP contribution in [0.5, 0.6) is 0 Å². The molecule has 1 N–H and O–H groups in total. The molecule has 0 atom stereocenters. The molecule has 144 valence electrons. The summed E-state index contributed by atoms with van der Waals surface area (Å²) < 4.78 is 25.7. The molecule has 1 aliphatic heterocycles. The number of carbonyl (C=O) groups is 1. The number of sulfonamides is 1. The molecule has 2 aromatic rings. The molecule has 1 saturated heterocycles. The van der Waals surface area contributed by atoms with Crippen LogP contribution in [0.15, 0.2) is 48.5 Å². The van der Waals surface area contributed by atoms with Crippen molar-refractivity contribution in [2.45, 2.75) is 25.7 Å². The first-order chi connectivity index (χ1) is 13.0. The highest BCUT2D eigenvalue weighted by molar-refractivity contribution is 7.92. The van der Waals surface area contributed by atoms with E-state index in [1.54, 1.807) is 24.3 Å². The molecular formula is C20H23ClN2O3S. The number of amides is 1. The van der Waals surface area contributed by atoms with Gasteiger partial charge in [0.2, 0.25) is 10.0 Å². The molecule has 27 heavy (non-hydrogen) atoms. The van der Waals surface area contributed by atoms with Gasteiger partial charge in [0.15, 0.2) is 0 Å². The number of halogens is 1. The lowest BCUT2D eigenvalue weighted by molar-refractivity contribution is 0.0953. The summed E-state index contributed by atoms with van der Waals surface area (Å²) in [5.41, 5.74) is 2.33. The first kappa shape index (κ1) is 19.7. The van der Waals surface area contributed by atoms with Gasteiger partial charge in [0.1, 0.15) is 0 Å². The number of hydrogen-bond donors (Lipinski definition) is 1. The topological polar surface area (TPSA) is 66.5 Å². The molecule has 1 amide bonds. The van der Waals surface area contributed by atoms with Crippen LogP contribution in [0.3, 0.4) is 0 Å². The van der Waals surface area contributed by atoms with Gasteiger partial charge in [0.25, 0.3) is 5.91 Å². The minimum atomic E-state index is -3.23. The number of carbonyl (C=O) groups excluding carboxylic acids is 1. The minimum absolute atomic E-state index is 0.154. The normalized spacial score (nSPS) is 16.1. The van der Waals surface area contributed by atoms with Crippen LogP contribution in [0, 0.1) is 0 Å². The van der Waals surface area contributed by atoms with Gasteiger partial charge in [-0.1, -0.05) is 23.7 Å². The highest BCUT2D eigenvalue weighted by Crippen LogP contribution is 2.23. The van der Waals surface area contributed by atoms with E-state index in [1.807, 2.05) is 24.3 Å². The van der Waals surface area contributed by atoms with Crippen LogP contribution >= 0.6 is 11.6 Å². The van der Waals surface area contributed by atoms with Crippen LogP contribution in [0.1, 0.15) is 35.2 Å². The van der Waals surface area contributed by atoms with Gasteiger partial charge in [0, 0.05) is 23.7 Å². The monoisotopic (exact) mass is 406 g/mol. The Morgan fingerprint density at radius 3 is 2.41 bits per heavy atom. The third kappa shape index (κ3) is 5.23. The number of nitrogens with zero attached hydrogens (tertiary/aromatic N) is 1. The van der Waals surface area contributed by atoms with E-state index in [0.717, 1.165) is 19.3 Å². The van der Waals surface area contributed by atoms with Crippen molar-refractivity contribution in [1.82, 2.24) is 5.32 Å². The van der Waals surface area contributed by atoms with Crippen molar-refractivity contribution in [1.29, 1.82) is 0 Å². The molecule has 3 rings (SSSR count). The summed E-state index contributed by atoms with van der Waals surface area (Å²) in [6.45, 7) is 1.07. The quantitative estimate of drug-likeness (QED) is 0.745. The van der Waals surface area contributed by atoms with Crippen LogP contribution in [0.25, 0.3) is 0 Å². The van der Waals surface area contributed by atoms with E-state index >= 15 is 0 Å². The minimum Gasteiger partial charge on any atom is -0.352 e. The summed E-state index contributed by atoms with van der Waals surface area (Å²) in [7, 11) is -3.23. The Morgan fingerprint density at radius 1 is 1.04 bits per heavy atom. The summed E-state index contributed by atoms with van der Waals surface area (Å²) in [6, 6.07) is 14.4. The van der Waals surface area contributed by atoms with Gasteiger partial charge in [-0.05, 0) is 67.6 Å². The molecule has 0 spiro atoms. The molecule has 2 aromatic carbocycles. The molecule has 0 saturated carbocycles. The molecule has 0 aromatic heterocycles. The van der Waals surface area contributed by atoms with Crippen molar-refractivity contribution >= 4 is 33.2 Å². The first-order valence-electron chi connectivity index (χ1n) is 9.09. The zero-order chi connectivity index (χ0) is 19.3. The number of hydrogen-bond acceptors (Lipinski definition) is 3. The van der Waals surface area contributed by atoms with Crippen LogP contribution in [-0.4, -0.2) is 33.2 Å². The van der Waals surface area contributed by atoms with Crippen molar-refractivity contribution in [3.8, 4) is 0 Å². The Balaban J connectivity index is 1.51. The Kier molecular flexibility index (Phi) is 6.39. The van der Waals surface area contributed by atoms with Gasteiger partial charge >= 0.3 is 0 Å². The molecule has 0 bridgehead atoms. The van der Waals surface area contributed by atoms with Crippen molar-refractivity contribution in [3.05, 3.63) is 64.7 Å². The van der Waals surface area contributed by atoms with Crippen molar-refractivity contribution < 1.29 is 13.2 Å². The number of rotatable bonds is 6. The number of anilines is 1. The predicted molar refractivity (Wildman–Crippen MR) is 109 cm³/mol. The standard InChI is InChI=1S/C20H23ClN2O3S/c21-18-9-5-16(6-10-18)4-3-13-22-20(24)17-7-11-19(12-8-17)23-14-1-2-15-27(23,25)26/h5-12H,1-4,13-15H2,(H,22,24). The van der Waals surface area contributed by atoms with Gasteiger partial charge < -0.3 is 5.32 Å². The molecule has 0 unspecified atom stereocenters. The maximum Gasteiger partial charge on any atom is 0.251 e. The van der Waals surface area contributed by atoms with E-state index in [1.165, 1.54) is 9.87 Å². The molecule has 1 heterocycles. The fraction of sp³-hybridized carbons (Fsp3) is 0.350. The third-order valence-electron chi connectivity index (χ3n) is 4.61. The smallest absolute Gasteiger partial charge is 0.251 e. The molecule has 0 radical (unpaired) electrons. The van der Waals surface area contributed by atoms with Crippen molar-refractivity contribution in [2.75, 3.05) is 23.1 Å².